The van der Waals surface area contributed by atoms with Gasteiger partial charge >= 0.3 is 0 Å². The summed E-state index contributed by atoms with van der Waals surface area (Å²) < 4.78 is 0. The predicted octanol–water partition coefficient (Wildman–Crippen LogP) is 2.73. The Morgan fingerprint density at radius 3 is 1.89 bits per heavy atom. The Labute approximate surface area is 57.7 Å². The lowest BCUT2D eigenvalue weighted by Gasteiger charge is -1.87. The topological polar surface area (TPSA) is 23.8 Å². The first-order valence-electron chi connectivity index (χ1n) is 3.83. The minimum absolute atomic E-state index is 0.403. The van der Waals surface area contributed by atoms with E-state index >= 15 is 0 Å². The molecule has 0 atom stereocenters. The van der Waals surface area contributed by atoms with E-state index in [4.69, 9.17) is 5.26 Å². The van der Waals surface area contributed by atoms with Crippen LogP contribution in [0.2, 0.25) is 0 Å². The third-order valence-electron chi connectivity index (χ3n) is 1.54. The molecule has 0 saturated heterocycles. The van der Waals surface area contributed by atoms with Crippen molar-refractivity contribution in [3.63, 3.8) is 0 Å². The largest absolute Gasteiger partial charge is 0.198 e. The van der Waals surface area contributed by atoms with Gasteiger partial charge in [-0.2, -0.15) is 5.26 Å². The maximum Gasteiger partial charge on any atom is 0.0655 e. The lowest BCUT2D eigenvalue weighted by atomic mass is 10.1. The lowest BCUT2D eigenvalue weighted by molar-refractivity contribution is 0.701. The van der Waals surface area contributed by atoms with Crippen LogP contribution < -0.4 is 0 Å². The quantitative estimate of drug-likeness (QED) is 0.488. The first-order chi connectivity index (χ1) is 4.43. The fraction of sp³-hybridized carbons (Fsp3) is 0.875. The van der Waals surface area contributed by atoms with Crippen LogP contribution >= 0.6 is 0 Å². The summed E-state index contributed by atoms with van der Waals surface area (Å²) in [7, 11) is 0. The molecule has 0 amide bonds. The number of hydrogen-bond acceptors (Lipinski definition) is 1. The molecule has 0 aliphatic heterocycles. The molecule has 1 aliphatic rings. The van der Waals surface area contributed by atoms with Gasteiger partial charge in [-0.15, -0.1) is 0 Å². The normalized spacial score (nSPS) is 17.9. The van der Waals surface area contributed by atoms with E-state index < -0.39 is 0 Å². The molecule has 9 heavy (non-hydrogen) atoms. The van der Waals surface area contributed by atoms with Crippen LogP contribution in [0.15, 0.2) is 0 Å². The Morgan fingerprint density at radius 1 is 1.22 bits per heavy atom. The zero-order valence-electron chi connectivity index (χ0n) is 6.35. The second kappa shape index (κ2) is 5.62. The Kier molecular flexibility index (Phi) is 5.30. The van der Waals surface area contributed by atoms with Gasteiger partial charge in [-0.05, 0) is 12.8 Å². The van der Waals surface area contributed by atoms with E-state index in [-0.39, 0.29) is 0 Å². The minimum atomic E-state index is 0.403. The summed E-state index contributed by atoms with van der Waals surface area (Å²) in [5, 5.41) is 8.32. The highest BCUT2D eigenvalue weighted by molar-refractivity contribution is 4.85. The zero-order chi connectivity index (χ0) is 7.11. The molecule has 1 fully saturated rings. The van der Waals surface area contributed by atoms with E-state index in [2.05, 4.69) is 6.07 Å². The van der Waals surface area contributed by atoms with Crippen molar-refractivity contribution in [2.45, 2.75) is 39.5 Å². The molecule has 0 aromatic carbocycles. The van der Waals surface area contributed by atoms with Gasteiger partial charge in [0.05, 0.1) is 6.07 Å². The molecule has 0 radical (unpaired) electrons. The van der Waals surface area contributed by atoms with Gasteiger partial charge in [0.1, 0.15) is 0 Å². The fourth-order valence-corrected chi connectivity index (χ4v) is 1.05. The second-order valence-corrected chi connectivity index (χ2v) is 2.11. The monoisotopic (exact) mass is 125 g/mol. The van der Waals surface area contributed by atoms with E-state index in [9.17, 15) is 0 Å². The van der Waals surface area contributed by atoms with Crippen LogP contribution in [0.25, 0.3) is 0 Å². The van der Waals surface area contributed by atoms with Crippen molar-refractivity contribution in [2.24, 2.45) is 5.92 Å². The van der Waals surface area contributed by atoms with Gasteiger partial charge in [-0.25, -0.2) is 0 Å². The molecule has 1 aliphatic carbocycles. The maximum absolute atomic E-state index is 8.32. The van der Waals surface area contributed by atoms with Crippen molar-refractivity contribution < 1.29 is 0 Å². The molecule has 0 unspecified atom stereocenters. The highest BCUT2D eigenvalue weighted by Gasteiger charge is 2.12. The Balaban J connectivity index is 0.000000291. The van der Waals surface area contributed by atoms with Gasteiger partial charge in [0, 0.05) is 5.92 Å². The summed E-state index contributed by atoms with van der Waals surface area (Å²) in [5.41, 5.74) is 0. The standard InChI is InChI=1S/C6H9N.C2H6/c7-5-6-3-1-2-4-6;1-2/h6H,1-4H2;1-2H3. The average molecular weight is 125 g/mol. The molecule has 0 bridgehead atoms. The summed E-state index contributed by atoms with van der Waals surface area (Å²) in [6.45, 7) is 4.00. The first kappa shape index (κ1) is 8.49. The maximum atomic E-state index is 8.32. The number of hydrogen-bond donors (Lipinski definition) is 0. The molecular weight excluding hydrogens is 110 g/mol. The van der Waals surface area contributed by atoms with Crippen molar-refractivity contribution in [2.75, 3.05) is 0 Å². The van der Waals surface area contributed by atoms with Gasteiger partial charge in [-0.3, -0.25) is 0 Å². The summed E-state index contributed by atoms with van der Waals surface area (Å²) >= 11 is 0. The molecule has 0 spiro atoms. The van der Waals surface area contributed by atoms with Crippen LogP contribution in [0.1, 0.15) is 39.5 Å². The first-order valence-corrected chi connectivity index (χ1v) is 3.83. The van der Waals surface area contributed by atoms with Crippen LogP contribution in [0.4, 0.5) is 0 Å². The van der Waals surface area contributed by atoms with Crippen LogP contribution in [0.5, 0.6) is 0 Å². The van der Waals surface area contributed by atoms with Crippen molar-refractivity contribution in [1.29, 1.82) is 5.26 Å². The number of nitriles is 1. The molecule has 0 aromatic heterocycles. The van der Waals surface area contributed by atoms with Gasteiger partial charge in [0.15, 0.2) is 0 Å². The Bertz CT molecular complexity index is 85.2. The lowest BCUT2D eigenvalue weighted by Crippen LogP contribution is -1.83. The van der Waals surface area contributed by atoms with Crippen LogP contribution in [0, 0.1) is 17.2 Å². The van der Waals surface area contributed by atoms with Gasteiger partial charge in [0.2, 0.25) is 0 Å². The van der Waals surface area contributed by atoms with E-state index in [0.29, 0.717) is 5.92 Å². The SMILES string of the molecule is CC.N#CC1CCCC1. The summed E-state index contributed by atoms with van der Waals surface area (Å²) in [4.78, 5) is 0. The average Bonchev–Trinajstić information content (AvgIpc) is 2.43. The zero-order valence-corrected chi connectivity index (χ0v) is 6.35. The Hall–Kier alpha value is -0.510. The molecule has 1 rings (SSSR count). The number of rotatable bonds is 0. The van der Waals surface area contributed by atoms with Gasteiger partial charge < -0.3 is 0 Å². The molecule has 0 heterocycles. The van der Waals surface area contributed by atoms with Crippen molar-refractivity contribution >= 4 is 0 Å². The van der Waals surface area contributed by atoms with Crippen LogP contribution in [-0.2, 0) is 0 Å². The third kappa shape index (κ3) is 3.13. The van der Waals surface area contributed by atoms with Crippen LogP contribution in [0.3, 0.4) is 0 Å². The molecule has 0 aromatic rings. The van der Waals surface area contributed by atoms with E-state index in [0.717, 1.165) is 12.8 Å². The third-order valence-corrected chi connectivity index (χ3v) is 1.54. The molecule has 1 heteroatoms. The molecule has 52 valence electrons. The van der Waals surface area contributed by atoms with E-state index in [1.807, 2.05) is 13.8 Å². The van der Waals surface area contributed by atoms with Crippen LogP contribution in [-0.4, -0.2) is 0 Å². The van der Waals surface area contributed by atoms with Crippen molar-refractivity contribution in [3.05, 3.63) is 0 Å². The number of nitrogens with zero attached hydrogens (tertiary/aromatic N) is 1. The highest BCUT2D eigenvalue weighted by Crippen LogP contribution is 2.22. The highest BCUT2D eigenvalue weighted by atomic mass is 14.3. The van der Waals surface area contributed by atoms with E-state index in [1.54, 1.807) is 0 Å². The predicted molar refractivity (Wildman–Crippen MR) is 38.9 cm³/mol. The fourth-order valence-electron chi connectivity index (χ4n) is 1.05. The summed E-state index contributed by atoms with van der Waals surface area (Å²) in [5.74, 6) is 0.403. The summed E-state index contributed by atoms with van der Waals surface area (Å²) in [6.07, 6.45) is 4.85. The van der Waals surface area contributed by atoms with Crippen molar-refractivity contribution in [1.82, 2.24) is 0 Å². The summed E-state index contributed by atoms with van der Waals surface area (Å²) in [6, 6.07) is 2.26. The van der Waals surface area contributed by atoms with E-state index in [1.165, 1.54) is 12.8 Å². The molecule has 0 N–H and O–H groups in total. The smallest absolute Gasteiger partial charge is 0.0655 e. The molecule has 1 nitrogen and oxygen atoms in total. The van der Waals surface area contributed by atoms with Crippen molar-refractivity contribution in [3.8, 4) is 6.07 Å². The second-order valence-electron chi connectivity index (χ2n) is 2.11. The minimum Gasteiger partial charge on any atom is -0.198 e. The van der Waals surface area contributed by atoms with Gasteiger partial charge in [0.25, 0.3) is 0 Å². The molecule has 1 saturated carbocycles. The van der Waals surface area contributed by atoms with Gasteiger partial charge in [-0.1, -0.05) is 26.7 Å². The Morgan fingerprint density at radius 2 is 1.67 bits per heavy atom. The molecular formula is C8H15N.